The third-order valence-corrected chi connectivity index (χ3v) is 7.54. The van der Waals surface area contributed by atoms with Crippen LogP contribution >= 0.6 is 0 Å². The molecule has 6 rings (SSSR count). The van der Waals surface area contributed by atoms with Crippen molar-refractivity contribution in [1.29, 1.82) is 0 Å². The van der Waals surface area contributed by atoms with Gasteiger partial charge in [0.1, 0.15) is 29.6 Å². The standard InChI is InChI=1S/C31H27FN2O5/c1-37-24-5-3-21(4-6-24)27-18-29-33-10-11-34(29)28-14-20(2-7-26(27)28)19-39-25-16-22(15-23(32)17-25)31(30(35)36)8-12-38-13-9-31/h2-7,10-11,14-18H,8-9,12-13,19H2,1H3,(H,35,36). The van der Waals surface area contributed by atoms with Gasteiger partial charge in [0, 0.05) is 37.1 Å². The molecule has 0 saturated carbocycles. The van der Waals surface area contributed by atoms with Gasteiger partial charge in [0.05, 0.1) is 18.0 Å². The Hall–Kier alpha value is -4.43. The topological polar surface area (TPSA) is 82.3 Å². The Kier molecular flexibility index (Phi) is 6.40. The van der Waals surface area contributed by atoms with Crippen molar-refractivity contribution < 1.29 is 28.5 Å². The first-order chi connectivity index (χ1) is 19.0. The summed E-state index contributed by atoms with van der Waals surface area (Å²) in [6.07, 6.45) is 4.25. The van der Waals surface area contributed by atoms with Crippen LogP contribution in [0.1, 0.15) is 24.0 Å². The summed E-state index contributed by atoms with van der Waals surface area (Å²) in [7, 11) is 1.64. The second kappa shape index (κ2) is 10.0. The van der Waals surface area contributed by atoms with Gasteiger partial charge in [0.15, 0.2) is 0 Å². The van der Waals surface area contributed by atoms with Gasteiger partial charge in [-0.25, -0.2) is 9.37 Å². The van der Waals surface area contributed by atoms with E-state index in [9.17, 15) is 14.3 Å². The van der Waals surface area contributed by atoms with E-state index in [4.69, 9.17) is 14.2 Å². The number of imidazole rings is 1. The summed E-state index contributed by atoms with van der Waals surface area (Å²) < 4.78 is 33.3. The first-order valence-electron chi connectivity index (χ1n) is 12.7. The van der Waals surface area contributed by atoms with E-state index < -0.39 is 17.2 Å². The summed E-state index contributed by atoms with van der Waals surface area (Å²) in [4.78, 5) is 16.7. The molecule has 0 bridgehead atoms. The molecule has 7 nitrogen and oxygen atoms in total. The number of carbonyl (C=O) groups is 1. The van der Waals surface area contributed by atoms with E-state index in [1.54, 1.807) is 19.4 Å². The quantitative estimate of drug-likeness (QED) is 0.280. The molecule has 3 heterocycles. The van der Waals surface area contributed by atoms with Crippen LogP contribution in [0.5, 0.6) is 11.5 Å². The summed E-state index contributed by atoms with van der Waals surface area (Å²) in [5, 5.41) is 11.0. The Labute approximate surface area is 224 Å². The van der Waals surface area contributed by atoms with Gasteiger partial charge >= 0.3 is 5.97 Å². The molecule has 0 amide bonds. The monoisotopic (exact) mass is 526 g/mol. The van der Waals surface area contributed by atoms with E-state index in [0.717, 1.165) is 39.0 Å². The minimum absolute atomic E-state index is 0.185. The van der Waals surface area contributed by atoms with E-state index in [2.05, 4.69) is 11.1 Å². The highest BCUT2D eigenvalue weighted by Gasteiger charge is 2.42. The van der Waals surface area contributed by atoms with E-state index in [-0.39, 0.29) is 25.2 Å². The number of ether oxygens (including phenoxy) is 3. The number of halogens is 1. The number of carboxylic acid groups (broad SMARTS) is 1. The van der Waals surface area contributed by atoms with Crippen LogP contribution in [0.2, 0.25) is 0 Å². The molecular weight excluding hydrogens is 499 g/mol. The Morgan fingerprint density at radius 2 is 1.85 bits per heavy atom. The lowest BCUT2D eigenvalue weighted by Crippen LogP contribution is -2.41. The molecule has 2 aromatic heterocycles. The molecule has 1 N–H and O–H groups in total. The lowest BCUT2D eigenvalue weighted by atomic mass is 9.74. The number of aromatic nitrogens is 2. The highest BCUT2D eigenvalue weighted by molar-refractivity contribution is 5.97. The van der Waals surface area contributed by atoms with E-state index in [1.165, 1.54) is 12.1 Å². The molecule has 1 aliphatic heterocycles. The average molecular weight is 527 g/mol. The minimum atomic E-state index is -1.19. The lowest BCUT2D eigenvalue weighted by Gasteiger charge is -2.33. The molecule has 39 heavy (non-hydrogen) atoms. The van der Waals surface area contributed by atoms with Crippen molar-refractivity contribution in [2.24, 2.45) is 0 Å². The van der Waals surface area contributed by atoms with E-state index in [1.807, 2.05) is 53.1 Å². The average Bonchev–Trinajstić information content (AvgIpc) is 3.45. The number of hydrogen-bond donors (Lipinski definition) is 1. The van der Waals surface area contributed by atoms with Crippen LogP contribution < -0.4 is 9.47 Å². The highest BCUT2D eigenvalue weighted by Crippen LogP contribution is 2.38. The van der Waals surface area contributed by atoms with Crippen molar-refractivity contribution in [2.45, 2.75) is 24.9 Å². The molecular formula is C31H27FN2O5. The minimum Gasteiger partial charge on any atom is -0.497 e. The Bertz CT molecular complexity index is 1670. The summed E-state index contributed by atoms with van der Waals surface area (Å²) in [6, 6.07) is 20.2. The van der Waals surface area contributed by atoms with Crippen molar-refractivity contribution in [3.05, 3.63) is 96.1 Å². The van der Waals surface area contributed by atoms with Gasteiger partial charge in [-0.2, -0.15) is 0 Å². The van der Waals surface area contributed by atoms with Crippen LogP contribution in [0.25, 0.3) is 27.7 Å². The smallest absolute Gasteiger partial charge is 0.314 e. The van der Waals surface area contributed by atoms with Crippen molar-refractivity contribution in [1.82, 2.24) is 9.38 Å². The fourth-order valence-corrected chi connectivity index (χ4v) is 5.37. The van der Waals surface area contributed by atoms with Crippen LogP contribution in [0.15, 0.2) is 79.1 Å². The van der Waals surface area contributed by atoms with Crippen LogP contribution in [0, 0.1) is 5.82 Å². The van der Waals surface area contributed by atoms with Gasteiger partial charge in [-0.15, -0.1) is 0 Å². The number of hydrogen-bond acceptors (Lipinski definition) is 5. The van der Waals surface area contributed by atoms with Crippen molar-refractivity contribution in [3.63, 3.8) is 0 Å². The Morgan fingerprint density at radius 1 is 1.05 bits per heavy atom. The zero-order chi connectivity index (χ0) is 27.0. The van der Waals surface area contributed by atoms with E-state index >= 15 is 0 Å². The number of fused-ring (bicyclic) bond motifs is 3. The summed E-state index contributed by atoms with van der Waals surface area (Å²) in [5.74, 6) is -0.431. The van der Waals surface area contributed by atoms with Crippen LogP contribution in [-0.4, -0.2) is 40.8 Å². The van der Waals surface area contributed by atoms with E-state index in [0.29, 0.717) is 18.8 Å². The summed E-state index contributed by atoms with van der Waals surface area (Å²) >= 11 is 0. The number of pyridine rings is 1. The maximum atomic E-state index is 14.6. The molecule has 5 aromatic rings. The number of methoxy groups -OCH3 is 1. The fourth-order valence-electron chi connectivity index (χ4n) is 5.37. The van der Waals surface area contributed by atoms with Crippen molar-refractivity contribution in [2.75, 3.05) is 20.3 Å². The number of aliphatic carboxylic acids is 1. The first-order valence-corrected chi connectivity index (χ1v) is 12.7. The molecule has 198 valence electrons. The second-order valence-corrected chi connectivity index (χ2v) is 9.76. The third-order valence-electron chi connectivity index (χ3n) is 7.54. The Morgan fingerprint density at radius 3 is 2.59 bits per heavy atom. The maximum absolute atomic E-state index is 14.6. The van der Waals surface area contributed by atoms with Gasteiger partial charge in [0.2, 0.25) is 0 Å². The van der Waals surface area contributed by atoms with Gasteiger partial charge in [-0.3, -0.25) is 9.20 Å². The maximum Gasteiger partial charge on any atom is 0.314 e. The summed E-state index contributed by atoms with van der Waals surface area (Å²) in [6.45, 7) is 0.819. The number of benzene rings is 3. The molecule has 0 unspecified atom stereocenters. The predicted octanol–water partition coefficient (Wildman–Crippen LogP) is 6.01. The zero-order valence-corrected chi connectivity index (χ0v) is 21.4. The first kappa shape index (κ1) is 24.9. The molecule has 3 aromatic carbocycles. The molecule has 1 saturated heterocycles. The van der Waals surface area contributed by atoms with Crippen LogP contribution in [0.4, 0.5) is 4.39 Å². The number of rotatable bonds is 7. The van der Waals surface area contributed by atoms with Crippen LogP contribution in [0.3, 0.4) is 0 Å². The SMILES string of the molecule is COc1ccc(-c2cc3nccn3c3cc(COc4cc(F)cc(C5(C(=O)O)CCOCC5)c4)ccc23)cc1. The molecule has 8 heteroatoms. The number of carboxylic acids is 1. The second-order valence-electron chi connectivity index (χ2n) is 9.76. The van der Waals surface area contributed by atoms with Gasteiger partial charge in [-0.1, -0.05) is 24.3 Å². The third kappa shape index (κ3) is 4.57. The van der Waals surface area contributed by atoms with Crippen LogP contribution in [-0.2, 0) is 21.6 Å². The normalized spacial score (nSPS) is 14.9. The lowest BCUT2D eigenvalue weighted by molar-refractivity contribution is -0.147. The molecule has 1 fully saturated rings. The summed E-state index contributed by atoms with van der Waals surface area (Å²) in [5.41, 5.74) is 3.96. The van der Waals surface area contributed by atoms with Gasteiger partial charge in [0.25, 0.3) is 0 Å². The van der Waals surface area contributed by atoms with Gasteiger partial charge < -0.3 is 19.3 Å². The molecule has 0 atom stereocenters. The zero-order valence-electron chi connectivity index (χ0n) is 21.4. The molecule has 1 aliphatic rings. The fraction of sp³-hybridized carbons (Fsp3) is 0.226. The predicted molar refractivity (Wildman–Crippen MR) is 145 cm³/mol. The largest absolute Gasteiger partial charge is 0.497 e. The molecule has 0 spiro atoms. The highest BCUT2D eigenvalue weighted by atomic mass is 19.1. The van der Waals surface area contributed by atoms with Gasteiger partial charge in [-0.05, 0) is 71.5 Å². The molecule has 0 radical (unpaired) electrons. The number of nitrogens with zero attached hydrogens (tertiary/aromatic N) is 2. The Balaban J connectivity index is 1.33. The van der Waals surface area contributed by atoms with Crippen molar-refractivity contribution >= 4 is 22.5 Å². The van der Waals surface area contributed by atoms with Crippen molar-refractivity contribution in [3.8, 4) is 22.6 Å². The molecule has 0 aliphatic carbocycles.